The zero-order chi connectivity index (χ0) is 18.5. The van der Waals surface area contributed by atoms with E-state index in [-0.39, 0.29) is 12.8 Å². The molecule has 4 N–H and O–H groups in total. The van der Waals surface area contributed by atoms with Gasteiger partial charge in [-0.05, 0) is 24.8 Å². The lowest BCUT2D eigenvalue weighted by Gasteiger charge is -2.44. The summed E-state index contributed by atoms with van der Waals surface area (Å²) < 4.78 is 0. The van der Waals surface area contributed by atoms with Crippen LogP contribution < -0.4 is 0 Å². The molecule has 7 heteroatoms. The minimum atomic E-state index is -2.70. The molecule has 1 rings (SSSR count). The Balaban J connectivity index is 3.57. The van der Waals surface area contributed by atoms with E-state index in [0.717, 1.165) is 0 Å². The lowest BCUT2D eigenvalue weighted by Crippen LogP contribution is -2.63. The summed E-state index contributed by atoms with van der Waals surface area (Å²) in [4.78, 5) is 35.5. The fourth-order valence-electron chi connectivity index (χ4n) is 3.28. The van der Waals surface area contributed by atoms with Crippen molar-refractivity contribution >= 4 is 17.9 Å². The summed E-state index contributed by atoms with van der Waals surface area (Å²) in [5, 5.41) is 39.4. The maximum absolute atomic E-state index is 12.0. The minimum absolute atomic E-state index is 0.202. The zero-order valence-corrected chi connectivity index (χ0v) is 13.6. The van der Waals surface area contributed by atoms with Gasteiger partial charge in [0.15, 0.2) is 5.60 Å². The molecule has 132 valence electrons. The van der Waals surface area contributed by atoms with Crippen molar-refractivity contribution in [1.82, 2.24) is 0 Å². The van der Waals surface area contributed by atoms with Gasteiger partial charge in [-0.1, -0.05) is 44.2 Å². The van der Waals surface area contributed by atoms with Gasteiger partial charge in [-0.15, -0.1) is 0 Å². The smallest absolute Gasteiger partial charge is 0.336 e. The van der Waals surface area contributed by atoms with E-state index < -0.39 is 41.3 Å². The fraction of sp³-hybridized carbons (Fsp3) is 0.471. The Morgan fingerprint density at radius 1 is 0.958 bits per heavy atom. The monoisotopic (exact) mass is 338 g/mol. The Hall–Kier alpha value is -2.41. The predicted octanol–water partition coefficient (Wildman–Crippen LogP) is 1.64. The second-order valence-electron chi connectivity index (χ2n) is 5.73. The van der Waals surface area contributed by atoms with E-state index in [1.54, 1.807) is 30.3 Å². The van der Waals surface area contributed by atoms with Crippen LogP contribution in [0, 0.1) is 11.3 Å². The molecule has 1 aromatic carbocycles. The molecule has 0 radical (unpaired) electrons. The van der Waals surface area contributed by atoms with Gasteiger partial charge in [0.25, 0.3) is 0 Å². The van der Waals surface area contributed by atoms with Crippen LogP contribution in [0.2, 0.25) is 0 Å². The molecule has 0 aliphatic carbocycles. The van der Waals surface area contributed by atoms with Crippen LogP contribution in [0.5, 0.6) is 0 Å². The molecule has 0 heterocycles. The van der Waals surface area contributed by atoms with Crippen LogP contribution in [-0.2, 0) is 20.8 Å². The van der Waals surface area contributed by atoms with E-state index in [0.29, 0.717) is 5.56 Å². The third-order valence-corrected chi connectivity index (χ3v) is 4.72. The van der Waals surface area contributed by atoms with Crippen LogP contribution in [-0.4, -0.2) is 43.9 Å². The number of carboxylic acid groups (broad SMARTS) is 3. The van der Waals surface area contributed by atoms with Crippen molar-refractivity contribution in [3.05, 3.63) is 35.9 Å². The molecule has 0 bridgehead atoms. The zero-order valence-electron chi connectivity index (χ0n) is 13.6. The Bertz CT molecular complexity index is 613. The average molecular weight is 338 g/mol. The van der Waals surface area contributed by atoms with Crippen molar-refractivity contribution in [2.75, 3.05) is 0 Å². The normalized spacial score (nSPS) is 17.3. The molecule has 3 atom stereocenters. The minimum Gasteiger partial charge on any atom is -0.481 e. The summed E-state index contributed by atoms with van der Waals surface area (Å²) in [6, 6.07) is 8.33. The summed E-state index contributed by atoms with van der Waals surface area (Å²) in [7, 11) is 0. The topological polar surface area (TPSA) is 132 Å². The maximum Gasteiger partial charge on any atom is 0.336 e. The first-order valence-electron chi connectivity index (χ1n) is 7.63. The molecule has 7 nitrogen and oxygen atoms in total. The van der Waals surface area contributed by atoms with E-state index in [4.69, 9.17) is 0 Å². The van der Waals surface area contributed by atoms with Gasteiger partial charge < -0.3 is 20.4 Å². The number of aliphatic hydroxyl groups is 1. The van der Waals surface area contributed by atoms with Crippen molar-refractivity contribution < 1.29 is 34.8 Å². The molecule has 1 aromatic rings. The Kier molecular flexibility index (Phi) is 6.09. The Labute approximate surface area is 139 Å². The van der Waals surface area contributed by atoms with Crippen LogP contribution in [0.4, 0.5) is 0 Å². The molecule has 0 saturated carbocycles. The highest BCUT2D eigenvalue weighted by atomic mass is 16.4. The van der Waals surface area contributed by atoms with Crippen LogP contribution in [0.1, 0.15) is 32.3 Å². The fourth-order valence-corrected chi connectivity index (χ4v) is 3.28. The van der Waals surface area contributed by atoms with Crippen molar-refractivity contribution in [3.8, 4) is 0 Å². The summed E-state index contributed by atoms with van der Waals surface area (Å²) in [5.74, 6) is -6.45. The number of benzene rings is 1. The first-order valence-corrected chi connectivity index (χ1v) is 7.63. The van der Waals surface area contributed by atoms with Gasteiger partial charge in [0, 0.05) is 0 Å². The number of rotatable bonds is 9. The van der Waals surface area contributed by atoms with Crippen molar-refractivity contribution in [1.29, 1.82) is 0 Å². The van der Waals surface area contributed by atoms with Crippen molar-refractivity contribution in [3.63, 3.8) is 0 Å². The number of carboxylic acids is 3. The highest BCUT2D eigenvalue weighted by Crippen LogP contribution is 2.46. The largest absolute Gasteiger partial charge is 0.481 e. The molecule has 0 fully saturated rings. The third-order valence-electron chi connectivity index (χ3n) is 4.72. The van der Waals surface area contributed by atoms with Crippen molar-refractivity contribution in [2.24, 2.45) is 11.3 Å². The van der Waals surface area contributed by atoms with Crippen LogP contribution in [0.25, 0.3) is 0 Å². The van der Waals surface area contributed by atoms with Gasteiger partial charge in [0.1, 0.15) is 5.41 Å². The molecule has 24 heavy (non-hydrogen) atoms. The maximum atomic E-state index is 12.0. The quantitative estimate of drug-likeness (QED) is 0.538. The molecule has 0 aliphatic rings. The SMILES string of the molecule is CC[C@@](O)(C(=O)O)[C@](CC)(C(=O)O)C(Cc1ccccc1)C(=O)O. The lowest BCUT2D eigenvalue weighted by molar-refractivity contribution is -0.202. The van der Waals surface area contributed by atoms with E-state index in [9.17, 15) is 34.8 Å². The van der Waals surface area contributed by atoms with Crippen molar-refractivity contribution in [2.45, 2.75) is 38.7 Å². The number of hydrogen-bond donors (Lipinski definition) is 4. The van der Waals surface area contributed by atoms with Gasteiger partial charge in [-0.3, -0.25) is 9.59 Å². The first kappa shape index (κ1) is 19.6. The van der Waals surface area contributed by atoms with Crippen LogP contribution in [0.15, 0.2) is 30.3 Å². The molecular formula is C17H22O7. The second kappa shape index (κ2) is 7.44. The number of aliphatic carboxylic acids is 3. The average Bonchev–Trinajstić information content (AvgIpc) is 2.54. The second-order valence-corrected chi connectivity index (χ2v) is 5.73. The molecule has 0 amide bonds. The molecular weight excluding hydrogens is 316 g/mol. The lowest BCUT2D eigenvalue weighted by atomic mass is 9.59. The van der Waals surface area contributed by atoms with Gasteiger partial charge in [0.05, 0.1) is 5.92 Å². The van der Waals surface area contributed by atoms with Crippen LogP contribution >= 0.6 is 0 Å². The van der Waals surface area contributed by atoms with E-state index in [2.05, 4.69) is 0 Å². The van der Waals surface area contributed by atoms with Crippen LogP contribution in [0.3, 0.4) is 0 Å². The van der Waals surface area contributed by atoms with E-state index in [1.165, 1.54) is 13.8 Å². The molecule has 0 spiro atoms. The molecule has 1 unspecified atom stereocenters. The summed E-state index contributed by atoms with van der Waals surface area (Å²) in [6.45, 7) is 2.70. The van der Waals surface area contributed by atoms with Gasteiger partial charge in [-0.2, -0.15) is 0 Å². The number of hydrogen-bond acceptors (Lipinski definition) is 4. The summed E-state index contributed by atoms with van der Waals surface area (Å²) >= 11 is 0. The van der Waals surface area contributed by atoms with Gasteiger partial charge >= 0.3 is 17.9 Å². The highest BCUT2D eigenvalue weighted by Gasteiger charge is 2.64. The molecule has 0 saturated heterocycles. The number of carbonyl (C=O) groups is 3. The third kappa shape index (κ3) is 3.12. The van der Waals surface area contributed by atoms with E-state index in [1.807, 2.05) is 0 Å². The summed E-state index contributed by atoms with van der Waals surface area (Å²) in [5.41, 5.74) is -4.52. The highest BCUT2D eigenvalue weighted by molar-refractivity contribution is 5.92. The standard InChI is InChI=1S/C17H22O7/c1-3-16(14(20)21,17(24,4-2)15(22)23)12(13(18)19)10-11-8-6-5-7-9-11/h5-9,12,24H,3-4,10H2,1-2H3,(H,18,19)(H,20,21)(H,22,23)/t12?,16-,17+/m0/s1. The Morgan fingerprint density at radius 2 is 1.50 bits per heavy atom. The van der Waals surface area contributed by atoms with Gasteiger partial charge in [0.2, 0.25) is 0 Å². The first-order chi connectivity index (χ1) is 11.2. The summed E-state index contributed by atoms with van der Waals surface area (Å²) in [6.07, 6.45) is -0.976. The van der Waals surface area contributed by atoms with E-state index >= 15 is 0 Å². The van der Waals surface area contributed by atoms with Gasteiger partial charge in [-0.25, -0.2) is 4.79 Å². The Morgan fingerprint density at radius 3 is 1.83 bits per heavy atom. The molecule has 0 aliphatic heterocycles. The predicted molar refractivity (Wildman–Crippen MR) is 84.5 cm³/mol. The molecule has 0 aromatic heterocycles.